The van der Waals surface area contributed by atoms with E-state index in [4.69, 9.17) is 20.4 Å². The van der Waals surface area contributed by atoms with Gasteiger partial charge in [-0.15, -0.1) is 0 Å². The summed E-state index contributed by atoms with van der Waals surface area (Å²) >= 11 is 1.79. The Balaban J connectivity index is 1.17. The molecule has 5 rings (SSSR count). The van der Waals surface area contributed by atoms with E-state index in [0.717, 1.165) is 53.6 Å². The highest BCUT2D eigenvalue weighted by atomic mass is 32.2. The minimum absolute atomic E-state index is 0.473. The quantitative estimate of drug-likeness (QED) is 0.0664. The predicted octanol–water partition coefficient (Wildman–Crippen LogP) is 6.73. The van der Waals surface area contributed by atoms with E-state index in [1.165, 1.54) is 23.3 Å². The van der Waals surface area contributed by atoms with Crippen LogP contribution in [-0.4, -0.2) is 55.1 Å². The zero-order valence-corrected chi connectivity index (χ0v) is 26.4. The SMILES string of the molecule is CCCCCc1cc2ccc(-c3cccc(SN4CC(CN=C(NCCOC)Nc5cccc(C#N)c5)C4)c3)cc2nc1N. The molecular formula is C35H41N7OS. The number of nitrogens with zero attached hydrogens (tertiary/aromatic N) is 4. The van der Waals surface area contributed by atoms with Crippen LogP contribution in [0.5, 0.6) is 0 Å². The Morgan fingerprint density at radius 2 is 1.93 bits per heavy atom. The van der Waals surface area contributed by atoms with Crippen LogP contribution in [0.1, 0.15) is 37.3 Å². The van der Waals surface area contributed by atoms with Crippen LogP contribution >= 0.6 is 11.9 Å². The number of aryl methyl sites for hydroxylation is 1. The normalized spacial score (nSPS) is 13.9. The Morgan fingerprint density at radius 1 is 1.09 bits per heavy atom. The fourth-order valence-corrected chi connectivity index (χ4v) is 6.39. The Hall–Kier alpha value is -4.10. The van der Waals surface area contributed by atoms with Gasteiger partial charge < -0.3 is 21.1 Å². The molecule has 44 heavy (non-hydrogen) atoms. The number of aromatic nitrogens is 1. The van der Waals surface area contributed by atoms with E-state index in [9.17, 15) is 5.26 Å². The second-order valence-corrected chi connectivity index (χ2v) is 12.3. The number of ether oxygens (including phenoxy) is 1. The first-order valence-corrected chi connectivity index (χ1v) is 16.1. The van der Waals surface area contributed by atoms with Crippen LogP contribution in [0.2, 0.25) is 0 Å². The number of hydrogen-bond acceptors (Lipinski definition) is 7. The number of unbranched alkanes of at least 4 members (excludes halogenated alkanes) is 2. The van der Waals surface area contributed by atoms with Gasteiger partial charge in [0.05, 0.1) is 23.8 Å². The summed E-state index contributed by atoms with van der Waals surface area (Å²) in [6.45, 7) is 6.08. The van der Waals surface area contributed by atoms with Gasteiger partial charge in [-0.05, 0) is 83.9 Å². The van der Waals surface area contributed by atoms with Crippen molar-refractivity contribution in [1.82, 2.24) is 14.6 Å². The third-order valence-electron chi connectivity index (χ3n) is 7.67. The smallest absolute Gasteiger partial charge is 0.195 e. The molecule has 0 aliphatic carbocycles. The van der Waals surface area contributed by atoms with E-state index in [1.54, 1.807) is 25.1 Å². The Morgan fingerprint density at radius 3 is 2.75 bits per heavy atom. The van der Waals surface area contributed by atoms with Gasteiger partial charge in [-0.3, -0.25) is 4.99 Å². The van der Waals surface area contributed by atoms with Crippen molar-refractivity contribution in [3.8, 4) is 17.2 Å². The first-order valence-electron chi connectivity index (χ1n) is 15.3. The number of fused-ring (bicyclic) bond motifs is 1. The van der Waals surface area contributed by atoms with E-state index < -0.39 is 0 Å². The number of anilines is 2. The Kier molecular flexibility index (Phi) is 11.1. The maximum atomic E-state index is 9.22. The molecule has 1 aliphatic rings. The molecule has 0 unspecified atom stereocenters. The third-order valence-corrected chi connectivity index (χ3v) is 8.69. The number of hydrogen-bond donors (Lipinski definition) is 3. The minimum Gasteiger partial charge on any atom is -0.383 e. The van der Waals surface area contributed by atoms with Gasteiger partial charge in [-0.1, -0.05) is 50.1 Å². The average molecular weight is 608 g/mol. The van der Waals surface area contributed by atoms with Crippen molar-refractivity contribution in [3.63, 3.8) is 0 Å². The lowest BCUT2D eigenvalue weighted by Crippen LogP contribution is -2.44. The fraction of sp³-hybridized carbons (Fsp3) is 0.343. The van der Waals surface area contributed by atoms with Gasteiger partial charge in [0.2, 0.25) is 0 Å². The van der Waals surface area contributed by atoms with Crippen molar-refractivity contribution in [3.05, 3.63) is 83.9 Å². The number of guanidine groups is 1. The lowest BCUT2D eigenvalue weighted by Gasteiger charge is -2.37. The summed E-state index contributed by atoms with van der Waals surface area (Å²) in [4.78, 5) is 10.8. The molecule has 9 heteroatoms. The van der Waals surface area contributed by atoms with E-state index in [2.05, 4.69) is 76.5 Å². The van der Waals surface area contributed by atoms with E-state index in [-0.39, 0.29) is 0 Å². The second kappa shape index (κ2) is 15.6. The standard InChI is InChI=1S/C35H41N7OS/c1-3-4-5-9-30-18-29-14-13-28(20-33(29)41-34(30)37)27-10-7-12-32(19-27)44-42-23-26(24-42)22-39-35(38-15-16-43-2)40-31-11-6-8-25(17-31)21-36/h6-8,10-14,17-20,26H,3-5,9,15-16,22-24H2,1-2H3,(H2,37,41)(H2,38,39,40). The summed E-state index contributed by atoms with van der Waals surface area (Å²) in [7, 11) is 1.68. The number of benzene rings is 3. The van der Waals surface area contributed by atoms with E-state index >= 15 is 0 Å². The highest BCUT2D eigenvalue weighted by Crippen LogP contribution is 2.34. The summed E-state index contributed by atoms with van der Waals surface area (Å²) in [6.07, 6.45) is 4.53. The van der Waals surface area contributed by atoms with Crippen molar-refractivity contribution in [1.29, 1.82) is 5.26 Å². The third kappa shape index (κ3) is 8.50. The van der Waals surface area contributed by atoms with Crippen molar-refractivity contribution in [2.24, 2.45) is 10.9 Å². The molecule has 8 nitrogen and oxygen atoms in total. The van der Waals surface area contributed by atoms with Gasteiger partial charge in [0.15, 0.2) is 5.96 Å². The van der Waals surface area contributed by atoms with E-state index in [1.807, 2.05) is 18.2 Å². The van der Waals surface area contributed by atoms with Crippen LogP contribution in [0.4, 0.5) is 11.5 Å². The monoisotopic (exact) mass is 607 g/mol. The van der Waals surface area contributed by atoms with Crippen molar-refractivity contribution in [2.45, 2.75) is 37.5 Å². The molecule has 1 fully saturated rings. The van der Waals surface area contributed by atoms with Crippen LogP contribution in [0, 0.1) is 17.2 Å². The highest BCUT2D eigenvalue weighted by molar-refractivity contribution is 7.97. The number of nitriles is 1. The zero-order valence-electron chi connectivity index (χ0n) is 25.6. The lowest BCUT2D eigenvalue weighted by atomic mass is 10.0. The maximum absolute atomic E-state index is 9.22. The first-order chi connectivity index (χ1) is 21.5. The largest absolute Gasteiger partial charge is 0.383 e. The first kappa shape index (κ1) is 31.3. The fourth-order valence-electron chi connectivity index (χ4n) is 5.20. The zero-order chi connectivity index (χ0) is 30.7. The summed E-state index contributed by atoms with van der Waals surface area (Å²) in [5, 5.41) is 17.0. The second-order valence-electron chi connectivity index (χ2n) is 11.2. The van der Waals surface area contributed by atoms with E-state index in [0.29, 0.717) is 43.0 Å². The van der Waals surface area contributed by atoms with Gasteiger partial charge in [-0.25, -0.2) is 9.29 Å². The van der Waals surface area contributed by atoms with Crippen LogP contribution in [0.25, 0.3) is 22.0 Å². The molecule has 0 spiro atoms. The van der Waals surface area contributed by atoms with Crippen LogP contribution < -0.4 is 16.4 Å². The Bertz CT molecular complexity index is 1630. The molecule has 0 radical (unpaired) electrons. The number of nitrogens with one attached hydrogen (secondary N) is 2. The Labute approximate surface area is 264 Å². The van der Waals surface area contributed by atoms with Crippen molar-refractivity contribution < 1.29 is 4.74 Å². The highest BCUT2D eigenvalue weighted by Gasteiger charge is 2.27. The van der Waals surface area contributed by atoms with Crippen molar-refractivity contribution >= 4 is 40.3 Å². The maximum Gasteiger partial charge on any atom is 0.195 e. The molecule has 1 aliphatic heterocycles. The van der Waals surface area contributed by atoms with Gasteiger partial charge >= 0.3 is 0 Å². The molecule has 0 saturated carbocycles. The molecule has 3 aromatic carbocycles. The molecule has 228 valence electrons. The number of pyridine rings is 1. The number of nitrogens with two attached hydrogens (primary N) is 1. The number of rotatable bonds is 13. The molecule has 0 atom stereocenters. The summed E-state index contributed by atoms with van der Waals surface area (Å²) in [6, 6.07) is 26.9. The van der Waals surface area contributed by atoms with Gasteiger partial charge in [0.25, 0.3) is 0 Å². The minimum atomic E-state index is 0.473. The van der Waals surface area contributed by atoms with Gasteiger partial charge in [-0.2, -0.15) is 5.26 Å². The summed E-state index contributed by atoms with van der Waals surface area (Å²) in [5.41, 5.74) is 12.2. The molecule has 2 heterocycles. The predicted molar refractivity (Wildman–Crippen MR) is 183 cm³/mol. The number of aliphatic imine (C=N–C) groups is 1. The topological polar surface area (TPSA) is 112 Å². The van der Waals surface area contributed by atoms with Crippen molar-refractivity contribution in [2.75, 3.05) is 50.9 Å². The van der Waals surface area contributed by atoms with Crippen LogP contribution in [-0.2, 0) is 11.2 Å². The summed E-state index contributed by atoms with van der Waals surface area (Å²) < 4.78 is 7.56. The molecule has 0 bridgehead atoms. The molecule has 4 N–H and O–H groups in total. The molecule has 1 aromatic heterocycles. The molecule has 1 saturated heterocycles. The molecule has 4 aromatic rings. The number of nitrogen functional groups attached to an aromatic ring is 1. The molecule has 0 amide bonds. The number of methoxy groups -OCH3 is 1. The molecular weight excluding hydrogens is 567 g/mol. The summed E-state index contributed by atoms with van der Waals surface area (Å²) in [5.74, 6) is 1.81. The average Bonchev–Trinajstić information content (AvgIpc) is 3.02. The van der Waals surface area contributed by atoms with Crippen LogP contribution in [0.3, 0.4) is 0 Å². The van der Waals surface area contributed by atoms with Gasteiger partial charge in [0.1, 0.15) is 5.82 Å². The van der Waals surface area contributed by atoms with Crippen LogP contribution in [0.15, 0.2) is 82.7 Å². The van der Waals surface area contributed by atoms with Gasteiger partial charge in [0, 0.05) is 55.2 Å². The lowest BCUT2D eigenvalue weighted by molar-refractivity contribution is 0.203.